The SMILES string of the molecule is CC1=C(/C=C/C(C)=C/C=C/C(C)=C/C(=O)O)[C@@](C)(S(=O)(=O)N(C)C)CCC1. The maximum absolute atomic E-state index is 12.9. The molecule has 0 radical (unpaired) electrons. The van der Waals surface area contributed by atoms with Gasteiger partial charge in [-0.15, -0.1) is 0 Å². The largest absolute Gasteiger partial charge is 0.478 e. The van der Waals surface area contributed by atoms with Crippen LogP contribution in [0, 0.1) is 0 Å². The van der Waals surface area contributed by atoms with E-state index in [9.17, 15) is 13.2 Å². The molecule has 1 N–H and O–H groups in total. The molecule has 0 aliphatic heterocycles. The maximum atomic E-state index is 12.9. The fourth-order valence-corrected chi connectivity index (χ4v) is 4.99. The second-order valence-corrected chi connectivity index (χ2v) is 9.98. The molecule has 0 saturated carbocycles. The zero-order valence-electron chi connectivity index (χ0n) is 17.1. The summed E-state index contributed by atoms with van der Waals surface area (Å²) >= 11 is 0. The third-order valence-corrected chi connectivity index (χ3v) is 7.39. The summed E-state index contributed by atoms with van der Waals surface area (Å²) in [4.78, 5) is 10.6. The van der Waals surface area contributed by atoms with Gasteiger partial charge in [0.05, 0.1) is 0 Å². The summed E-state index contributed by atoms with van der Waals surface area (Å²) < 4.78 is 26.2. The van der Waals surface area contributed by atoms with Crippen molar-refractivity contribution >= 4 is 16.0 Å². The average molecular weight is 394 g/mol. The zero-order valence-corrected chi connectivity index (χ0v) is 17.9. The molecule has 0 aromatic heterocycles. The van der Waals surface area contributed by atoms with Crippen molar-refractivity contribution in [2.45, 2.75) is 51.7 Å². The number of hydrogen-bond donors (Lipinski definition) is 1. The normalized spacial score (nSPS) is 23.1. The van der Waals surface area contributed by atoms with Crippen LogP contribution in [-0.2, 0) is 14.8 Å². The van der Waals surface area contributed by atoms with E-state index in [1.54, 1.807) is 33.2 Å². The van der Waals surface area contributed by atoms with Crippen LogP contribution in [-0.4, -0.2) is 42.6 Å². The van der Waals surface area contributed by atoms with E-state index < -0.39 is 20.7 Å². The predicted molar refractivity (Wildman–Crippen MR) is 111 cm³/mol. The summed E-state index contributed by atoms with van der Waals surface area (Å²) in [6.07, 6.45) is 12.7. The molecule has 27 heavy (non-hydrogen) atoms. The summed E-state index contributed by atoms with van der Waals surface area (Å²) in [5.74, 6) is -0.973. The highest BCUT2D eigenvalue weighted by Crippen LogP contribution is 2.41. The Morgan fingerprint density at radius 1 is 1.19 bits per heavy atom. The number of allylic oxidation sites excluding steroid dienone is 8. The third-order valence-electron chi connectivity index (χ3n) is 4.87. The van der Waals surface area contributed by atoms with E-state index in [0.717, 1.165) is 35.6 Å². The Morgan fingerprint density at radius 3 is 2.37 bits per heavy atom. The summed E-state index contributed by atoms with van der Waals surface area (Å²) in [5.41, 5.74) is 3.56. The lowest BCUT2D eigenvalue weighted by molar-refractivity contribution is -0.131. The Hall–Kier alpha value is -1.92. The van der Waals surface area contributed by atoms with Crippen LogP contribution < -0.4 is 0 Å². The van der Waals surface area contributed by atoms with E-state index in [1.165, 1.54) is 4.31 Å². The van der Waals surface area contributed by atoms with Crippen molar-refractivity contribution in [3.63, 3.8) is 0 Å². The minimum atomic E-state index is -3.44. The van der Waals surface area contributed by atoms with Crippen molar-refractivity contribution in [2.75, 3.05) is 14.1 Å². The monoisotopic (exact) mass is 393 g/mol. The first-order valence-corrected chi connectivity index (χ1v) is 10.4. The number of carbonyl (C=O) groups is 1. The number of rotatable bonds is 7. The number of aliphatic carboxylic acids is 1. The van der Waals surface area contributed by atoms with Crippen LogP contribution in [0.3, 0.4) is 0 Å². The molecule has 0 bridgehead atoms. The fourth-order valence-electron chi connectivity index (χ4n) is 3.27. The molecule has 5 nitrogen and oxygen atoms in total. The molecule has 1 aliphatic carbocycles. The van der Waals surface area contributed by atoms with Gasteiger partial charge in [-0.25, -0.2) is 17.5 Å². The summed E-state index contributed by atoms with van der Waals surface area (Å²) in [7, 11) is -0.285. The minimum Gasteiger partial charge on any atom is -0.478 e. The second-order valence-electron chi connectivity index (χ2n) is 7.40. The Kier molecular flexibility index (Phi) is 7.99. The lowest BCUT2D eigenvalue weighted by atomic mass is 9.83. The molecule has 6 heteroatoms. The number of nitrogens with zero attached hydrogens (tertiary/aromatic N) is 1. The number of carboxylic acid groups (broad SMARTS) is 1. The first kappa shape index (κ1) is 23.1. The Morgan fingerprint density at radius 2 is 1.81 bits per heavy atom. The quantitative estimate of drug-likeness (QED) is 0.519. The molecule has 1 atom stereocenters. The van der Waals surface area contributed by atoms with Gasteiger partial charge in [-0.3, -0.25) is 0 Å². The van der Waals surface area contributed by atoms with Gasteiger partial charge in [0.25, 0.3) is 0 Å². The molecular formula is C21H31NO4S. The van der Waals surface area contributed by atoms with E-state index in [-0.39, 0.29) is 0 Å². The summed E-state index contributed by atoms with van der Waals surface area (Å²) in [5, 5.41) is 8.70. The molecule has 0 aromatic carbocycles. The molecule has 0 aromatic rings. The third kappa shape index (κ3) is 5.78. The van der Waals surface area contributed by atoms with Gasteiger partial charge in [0.2, 0.25) is 10.0 Å². The van der Waals surface area contributed by atoms with Crippen molar-refractivity contribution in [1.29, 1.82) is 0 Å². The lowest BCUT2D eigenvalue weighted by Crippen LogP contribution is -2.46. The number of hydrogen-bond acceptors (Lipinski definition) is 3. The van der Waals surface area contributed by atoms with E-state index in [4.69, 9.17) is 5.11 Å². The predicted octanol–water partition coefficient (Wildman–Crippen LogP) is 4.23. The number of carboxylic acids is 1. The summed E-state index contributed by atoms with van der Waals surface area (Å²) in [6.45, 7) is 7.45. The first-order valence-electron chi connectivity index (χ1n) is 8.98. The molecule has 0 saturated heterocycles. The van der Waals surface area contributed by atoms with E-state index in [2.05, 4.69) is 0 Å². The molecule has 0 spiro atoms. The van der Waals surface area contributed by atoms with Gasteiger partial charge in [0.15, 0.2) is 0 Å². The van der Waals surface area contributed by atoms with Gasteiger partial charge in [0.1, 0.15) is 4.75 Å². The first-order chi connectivity index (χ1) is 12.4. The van der Waals surface area contributed by atoms with Gasteiger partial charge in [-0.1, -0.05) is 41.5 Å². The summed E-state index contributed by atoms with van der Waals surface area (Å²) in [6, 6.07) is 0. The second kappa shape index (κ2) is 9.33. The van der Waals surface area contributed by atoms with Crippen molar-refractivity contribution in [1.82, 2.24) is 4.31 Å². The van der Waals surface area contributed by atoms with Crippen LogP contribution in [0.25, 0.3) is 0 Å². The van der Waals surface area contributed by atoms with Crippen LogP contribution in [0.1, 0.15) is 47.0 Å². The zero-order chi connectivity index (χ0) is 20.8. The Bertz CT molecular complexity index is 826. The molecule has 0 heterocycles. The van der Waals surface area contributed by atoms with E-state index >= 15 is 0 Å². The molecule has 1 rings (SSSR count). The molecule has 0 unspecified atom stereocenters. The van der Waals surface area contributed by atoms with Gasteiger partial charge in [0, 0.05) is 20.2 Å². The van der Waals surface area contributed by atoms with Crippen LogP contribution in [0.4, 0.5) is 0 Å². The minimum absolute atomic E-state index is 0.604. The fraction of sp³-hybridized carbons (Fsp3) is 0.476. The van der Waals surface area contributed by atoms with Crippen molar-refractivity contribution in [3.8, 4) is 0 Å². The molecule has 150 valence electrons. The van der Waals surface area contributed by atoms with Crippen LogP contribution in [0.5, 0.6) is 0 Å². The van der Waals surface area contributed by atoms with E-state index in [0.29, 0.717) is 12.0 Å². The van der Waals surface area contributed by atoms with Gasteiger partial charge in [-0.2, -0.15) is 0 Å². The highest BCUT2D eigenvalue weighted by Gasteiger charge is 2.45. The molecule has 0 fully saturated rings. The topological polar surface area (TPSA) is 74.7 Å². The van der Waals surface area contributed by atoms with Crippen molar-refractivity contribution in [2.24, 2.45) is 0 Å². The van der Waals surface area contributed by atoms with Crippen LogP contribution in [0.2, 0.25) is 0 Å². The Labute approximate surface area is 163 Å². The van der Waals surface area contributed by atoms with Crippen molar-refractivity contribution < 1.29 is 18.3 Å². The van der Waals surface area contributed by atoms with Gasteiger partial charge in [-0.05, 0) is 58.1 Å². The standard InChI is InChI=1S/C21H31NO4S/c1-16(9-7-10-17(2)15-20(23)24)12-13-19-18(3)11-8-14-21(19,4)27(25,26)22(5)6/h7,9-10,12-13,15H,8,11,14H2,1-6H3,(H,23,24)/b10-7+,13-12+,16-9+,17-15+/t21-/m0/s1. The molecule has 0 amide bonds. The smallest absolute Gasteiger partial charge is 0.328 e. The van der Waals surface area contributed by atoms with Gasteiger partial charge < -0.3 is 5.11 Å². The number of sulfonamides is 1. The van der Waals surface area contributed by atoms with Gasteiger partial charge >= 0.3 is 5.97 Å². The van der Waals surface area contributed by atoms with Crippen LogP contribution in [0.15, 0.2) is 58.7 Å². The maximum Gasteiger partial charge on any atom is 0.328 e. The molecule has 1 aliphatic rings. The van der Waals surface area contributed by atoms with E-state index in [1.807, 2.05) is 39.0 Å². The van der Waals surface area contributed by atoms with Crippen LogP contribution >= 0.6 is 0 Å². The average Bonchev–Trinajstić information content (AvgIpc) is 2.53. The Balaban J connectivity index is 3.14. The lowest BCUT2D eigenvalue weighted by Gasteiger charge is -2.37. The van der Waals surface area contributed by atoms with Crippen molar-refractivity contribution in [3.05, 3.63) is 58.7 Å². The highest BCUT2D eigenvalue weighted by molar-refractivity contribution is 7.90. The highest BCUT2D eigenvalue weighted by atomic mass is 32.2. The molecular weight excluding hydrogens is 362 g/mol.